The summed E-state index contributed by atoms with van der Waals surface area (Å²) >= 11 is 6.28. The average molecular weight is 567 g/mol. The molecule has 0 aliphatic carbocycles. The molecule has 218 valence electrons. The van der Waals surface area contributed by atoms with Crippen LogP contribution in [0.5, 0.6) is 0 Å². The zero-order valence-corrected chi connectivity index (χ0v) is 25.5. The molecular formula is C32H47ClN6O. The van der Waals surface area contributed by atoms with Crippen molar-refractivity contribution in [3.63, 3.8) is 0 Å². The van der Waals surface area contributed by atoms with Crippen LogP contribution in [-0.4, -0.2) is 56.7 Å². The fourth-order valence-electron chi connectivity index (χ4n) is 5.42. The van der Waals surface area contributed by atoms with E-state index in [4.69, 9.17) is 21.6 Å². The number of carbonyl (C=O) groups excluding carboxylic acids is 1. The highest BCUT2D eigenvalue weighted by Gasteiger charge is 2.25. The van der Waals surface area contributed by atoms with Gasteiger partial charge in [-0.05, 0) is 37.0 Å². The Bertz CT molecular complexity index is 1220. The smallest absolute Gasteiger partial charge is 0.222 e. The van der Waals surface area contributed by atoms with Crippen LogP contribution in [0.2, 0.25) is 5.02 Å². The van der Waals surface area contributed by atoms with Gasteiger partial charge in [0, 0.05) is 44.0 Å². The molecule has 1 aliphatic heterocycles. The fraction of sp³-hybridized carbons (Fsp3) is 0.625. The van der Waals surface area contributed by atoms with Gasteiger partial charge in [-0.15, -0.1) is 0 Å². The number of carbonyl (C=O) groups is 1. The summed E-state index contributed by atoms with van der Waals surface area (Å²) in [6.07, 6.45) is 15.8. The Morgan fingerprint density at radius 2 is 1.65 bits per heavy atom. The standard InChI is InChI=1S/C32H47ClN6O/c1-4-5-6-7-8-9-10-11-12-16-30(40)37-19-21-38(22-20-37)31-28-24-34-39(27-15-13-14-26(33)23-27)32(28)36-29(35-31)18-17-25(2)3/h13-15,23-25H,4-12,16-22H2,1-3H3. The number of rotatable bonds is 15. The Labute approximate surface area is 245 Å². The van der Waals surface area contributed by atoms with E-state index >= 15 is 0 Å². The van der Waals surface area contributed by atoms with Crippen LogP contribution >= 0.6 is 11.6 Å². The second kappa shape index (κ2) is 15.4. The number of nitrogens with zero attached hydrogens (tertiary/aromatic N) is 6. The van der Waals surface area contributed by atoms with E-state index in [1.54, 1.807) is 0 Å². The molecule has 8 heteroatoms. The van der Waals surface area contributed by atoms with Crippen LogP contribution in [0, 0.1) is 5.92 Å². The summed E-state index contributed by atoms with van der Waals surface area (Å²) in [4.78, 5) is 27.2. The van der Waals surface area contributed by atoms with Gasteiger partial charge < -0.3 is 9.80 Å². The number of aryl methyl sites for hydroxylation is 1. The van der Waals surface area contributed by atoms with Crippen molar-refractivity contribution in [2.24, 2.45) is 5.92 Å². The van der Waals surface area contributed by atoms with E-state index in [1.165, 1.54) is 44.9 Å². The predicted octanol–water partition coefficient (Wildman–Crippen LogP) is 7.63. The Hall–Kier alpha value is -2.67. The Morgan fingerprint density at radius 1 is 0.950 bits per heavy atom. The van der Waals surface area contributed by atoms with E-state index in [2.05, 4.69) is 30.8 Å². The number of piperazine rings is 1. The second-order valence-electron chi connectivity index (χ2n) is 11.6. The van der Waals surface area contributed by atoms with Crippen molar-refractivity contribution in [3.05, 3.63) is 41.3 Å². The van der Waals surface area contributed by atoms with Crippen LogP contribution in [0.25, 0.3) is 16.7 Å². The van der Waals surface area contributed by atoms with Crippen LogP contribution < -0.4 is 4.90 Å². The Morgan fingerprint density at radius 3 is 2.33 bits per heavy atom. The maximum Gasteiger partial charge on any atom is 0.222 e. The predicted molar refractivity (Wildman–Crippen MR) is 165 cm³/mol. The molecule has 1 fully saturated rings. The molecule has 1 aliphatic rings. The number of aromatic nitrogens is 4. The van der Waals surface area contributed by atoms with Crippen molar-refractivity contribution in [1.29, 1.82) is 0 Å². The maximum atomic E-state index is 12.9. The number of anilines is 1. The largest absolute Gasteiger partial charge is 0.352 e. The molecule has 0 spiro atoms. The molecule has 7 nitrogen and oxygen atoms in total. The maximum absolute atomic E-state index is 12.9. The Kier molecular flexibility index (Phi) is 11.6. The minimum atomic E-state index is 0.293. The van der Waals surface area contributed by atoms with Gasteiger partial charge in [0.2, 0.25) is 5.91 Å². The first-order valence-corrected chi connectivity index (χ1v) is 15.9. The quantitative estimate of drug-likeness (QED) is 0.177. The minimum Gasteiger partial charge on any atom is -0.352 e. The molecule has 0 unspecified atom stereocenters. The van der Waals surface area contributed by atoms with Crippen molar-refractivity contribution in [2.75, 3.05) is 31.1 Å². The van der Waals surface area contributed by atoms with Gasteiger partial charge in [0.15, 0.2) is 5.65 Å². The molecule has 1 saturated heterocycles. The number of unbranched alkanes of at least 4 members (excludes halogenated alkanes) is 8. The van der Waals surface area contributed by atoms with Crippen molar-refractivity contribution in [1.82, 2.24) is 24.6 Å². The van der Waals surface area contributed by atoms with Gasteiger partial charge in [-0.1, -0.05) is 89.8 Å². The van der Waals surface area contributed by atoms with Gasteiger partial charge in [0.25, 0.3) is 0 Å². The van der Waals surface area contributed by atoms with Crippen LogP contribution in [0.1, 0.15) is 97.2 Å². The van der Waals surface area contributed by atoms with E-state index in [0.717, 1.165) is 80.2 Å². The topological polar surface area (TPSA) is 67.2 Å². The Balaban J connectivity index is 1.37. The first kappa shape index (κ1) is 30.3. The normalized spacial score (nSPS) is 14.0. The van der Waals surface area contributed by atoms with Gasteiger partial charge in [-0.3, -0.25) is 4.79 Å². The highest BCUT2D eigenvalue weighted by molar-refractivity contribution is 6.30. The molecular weight excluding hydrogens is 520 g/mol. The molecule has 0 saturated carbocycles. The molecule has 4 rings (SSSR count). The van der Waals surface area contributed by atoms with Crippen molar-refractivity contribution >= 4 is 34.4 Å². The number of hydrogen-bond acceptors (Lipinski definition) is 5. The van der Waals surface area contributed by atoms with Crippen LogP contribution in [0.15, 0.2) is 30.5 Å². The van der Waals surface area contributed by atoms with Crippen LogP contribution in [-0.2, 0) is 11.2 Å². The van der Waals surface area contributed by atoms with E-state index in [1.807, 2.05) is 40.0 Å². The molecule has 0 radical (unpaired) electrons. The number of amides is 1. The van der Waals surface area contributed by atoms with Crippen molar-refractivity contribution in [3.8, 4) is 5.69 Å². The molecule has 3 heterocycles. The molecule has 2 aromatic heterocycles. The zero-order chi connectivity index (χ0) is 28.3. The van der Waals surface area contributed by atoms with Crippen molar-refractivity contribution < 1.29 is 4.79 Å². The first-order chi connectivity index (χ1) is 19.5. The number of hydrogen-bond donors (Lipinski definition) is 0. The molecule has 40 heavy (non-hydrogen) atoms. The van der Waals surface area contributed by atoms with E-state index in [0.29, 0.717) is 23.3 Å². The van der Waals surface area contributed by atoms with Gasteiger partial charge in [0.05, 0.1) is 17.3 Å². The number of halogens is 1. The highest BCUT2D eigenvalue weighted by Crippen LogP contribution is 2.28. The van der Waals surface area contributed by atoms with Crippen LogP contribution in [0.3, 0.4) is 0 Å². The lowest BCUT2D eigenvalue weighted by Gasteiger charge is -2.35. The number of fused-ring (bicyclic) bond motifs is 1. The monoisotopic (exact) mass is 566 g/mol. The minimum absolute atomic E-state index is 0.293. The molecule has 1 amide bonds. The summed E-state index contributed by atoms with van der Waals surface area (Å²) in [5, 5.41) is 6.28. The lowest BCUT2D eigenvalue weighted by molar-refractivity contribution is -0.131. The third-order valence-corrected chi connectivity index (χ3v) is 8.11. The summed E-state index contributed by atoms with van der Waals surface area (Å²) in [6, 6.07) is 7.69. The van der Waals surface area contributed by atoms with E-state index in [9.17, 15) is 4.79 Å². The summed E-state index contributed by atoms with van der Waals surface area (Å²) in [5.74, 6) is 2.62. The van der Waals surface area contributed by atoms with Gasteiger partial charge in [0.1, 0.15) is 11.6 Å². The van der Waals surface area contributed by atoms with Gasteiger partial charge >= 0.3 is 0 Å². The third kappa shape index (κ3) is 8.42. The number of benzene rings is 1. The summed E-state index contributed by atoms with van der Waals surface area (Å²) < 4.78 is 1.86. The molecule has 0 bridgehead atoms. The summed E-state index contributed by atoms with van der Waals surface area (Å²) in [7, 11) is 0. The molecule has 3 aromatic rings. The lowest BCUT2D eigenvalue weighted by Crippen LogP contribution is -2.49. The fourth-order valence-corrected chi connectivity index (χ4v) is 5.60. The van der Waals surface area contributed by atoms with Gasteiger partial charge in [-0.2, -0.15) is 5.10 Å². The van der Waals surface area contributed by atoms with E-state index < -0.39 is 0 Å². The third-order valence-electron chi connectivity index (χ3n) is 7.88. The molecule has 0 N–H and O–H groups in total. The lowest BCUT2D eigenvalue weighted by atomic mass is 10.1. The first-order valence-electron chi connectivity index (χ1n) is 15.5. The molecule has 0 atom stereocenters. The zero-order valence-electron chi connectivity index (χ0n) is 24.7. The summed E-state index contributed by atoms with van der Waals surface area (Å²) in [5.41, 5.74) is 1.68. The van der Waals surface area contributed by atoms with Crippen molar-refractivity contribution in [2.45, 2.75) is 97.8 Å². The summed E-state index contributed by atoms with van der Waals surface area (Å²) in [6.45, 7) is 9.69. The highest BCUT2D eigenvalue weighted by atomic mass is 35.5. The SMILES string of the molecule is CCCCCCCCCCCC(=O)N1CCN(c2nc(CCC(C)C)nc3c2cnn3-c2cccc(Cl)c2)CC1. The second-order valence-corrected chi connectivity index (χ2v) is 12.1. The van der Waals surface area contributed by atoms with E-state index in [-0.39, 0.29) is 0 Å². The van der Waals surface area contributed by atoms with Crippen LogP contribution in [0.4, 0.5) is 5.82 Å². The average Bonchev–Trinajstić information content (AvgIpc) is 3.39. The molecule has 1 aromatic carbocycles. The van der Waals surface area contributed by atoms with Gasteiger partial charge in [-0.25, -0.2) is 14.6 Å².